The fourth-order valence-electron chi connectivity index (χ4n) is 2.19. The maximum atomic E-state index is 13.3. The van der Waals surface area contributed by atoms with Crippen molar-refractivity contribution in [3.05, 3.63) is 46.9 Å². The average molecular weight is 255 g/mol. The molecular weight excluding hydrogens is 244 g/mol. The number of amides is 1. The quantitative estimate of drug-likeness (QED) is 0.570. The lowest BCUT2D eigenvalue weighted by Gasteiger charge is -2.21. The summed E-state index contributed by atoms with van der Waals surface area (Å²) >= 11 is 0. The van der Waals surface area contributed by atoms with Crippen molar-refractivity contribution in [3.8, 4) is 0 Å². The molecule has 2 aliphatic heterocycles. The lowest BCUT2D eigenvalue weighted by molar-refractivity contribution is -0.111. The molecule has 2 aliphatic rings. The molecule has 3 nitrogen and oxygen atoms in total. The molecule has 0 saturated heterocycles. The highest BCUT2D eigenvalue weighted by molar-refractivity contribution is 6.33. The van der Waals surface area contributed by atoms with Crippen molar-refractivity contribution >= 4 is 25.0 Å². The largest absolute Gasteiger partial charge is 0.484 e. The van der Waals surface area contributed by atoms with Crippen LogP contribution in [0.5, 0.6) is 0 Å². The van der Waals surface area contributed by atoms with Crippen molar-refractivity contribution < 1.29 is 13.9 Å². The normalized spacial score (nSPS) is 23.7. The third-order valence-electron chi connectivity index (χ3n) is 3.32. The van der Waals surface area contributed by atoms with Gasteiger partial charge in [-0.2, -0.15) is 0 Å². The van der Waals surface area contributed by atoms with Gasteiger partial charge in [-0.25, -0.2) is 4.39 Å². The summed E-state index contributed by atoms with van der Waals surface area (Å²) in [6.07, 6.45) is 1.62. The fraction of sp³-hybridized carbons (Fsp3) is 0.214. The molecule has 0 fully saturated rings. The molecule has 1 aromatic rings. The monoisotopic (exact) mass is 255 g/mol. The standard InChI is InChI=1S/C14H11BFNO2/c1-14(2)11(15)6-10(19-14)12-8-5-7(16)3-4-9(8)17-13(12)18/h3-6H,1-2H3,(H,17,18)/b12-10+. The average Bonchev–Trinajstić information content (AvgIpc) is 2.75. The van der Waals surface area contributed by atoms with E-state index in [1.54, 1.807) is 6.08 Å². The van der Waals surface area contributed by atoms with Crippen LogP contribution >= 0.6 is 0 Å². The number of fused-ring (bicyclic) bond motifs is 1. The van der Waals surface area contributed by atoms with Crippen molar-refractivity contribution in [1.29, 1.82) is 0 Å². The lowest BCUT2D eigenvalue weighted by atomic mass is 9.83. The third kappa shape index (κ3) is 1.77. The van der Waals surface area contributed by atoms with E-state index in [4.69, 9.17) is 12.6 Å². The molecule has 0 aromatic heterocycles. The Morgan fingerprint density at radius 3 is 2.74 bits per heavy atom. The van der Waals surface area contributed by atoms with Gasteiger partial charge in [0.1, 0.15) is 25.0 Å². The molecule has 94 valence electrons. The molecular formula is C14H11BFNO2. The number of carbonyl (C=O) groups excluding carboxylic acids is 1. The molecule has 0 saturated carbocycles. The van der Waals surface area contributed by atoms with Crippen LogP contribution in [0.1, 0.15) is 19.4 Å². The summed E-state index contributed by atoms with van der Waals surface area (Å²) in [5.41, 5.74) is 1.28. The fourth-order valence-corrected chi connectivity index (χ4v) is 2.19. The zero-order valence-electron chi connectivity index (χ0n) is 10.6. The number of rotatable bonds is 0. The SMILES string of the molecule is [B]C1=C/C(=C2\C(=O)Nc3ccc(F)cc32)OC1(C)C. The molecule has 19 heavy (non-hydrogen) atoms. The van der Waals surface area contributed by atoms with Crippen LogP contribution in [0.4, 0.5) is 10.1 Å². The molecule has 1 amide bonds. The highest BCUT2D eigenvalue weighted by atomic mass is 19.1. The summed E-state index contributed by atoms with van der Waals surface area (Å²) in [7, 11) is 5.86. The van der Waals surface area contributed by atoms with Gasteiger partial charge < -0.3 is 10.1 Å². The van der Waals surface area contributed by atoms with Gasteiger partial charge in [0.05, 0.1) is 5.57 Å². The Bertz CT molecular complexity index is 661. The van der Waals surface area contributed by atoms with Crippen LogP contribution in [0.25, 0.3) is 5.57 Å². The van der Waals surface area contributed by atoms with Gasteiger partial charge in [0.25, 0.3) is 5.91 Å². The molecule has 2 radical (unpaired) electrons. The summed E-state index contributed by atoms with van der Waals surface area (Å²) in [6.45, 7) is 3.62. The molecule has 3 rings (SSSR count). The maximum absolute atomic E-state index is 13.3. The minimum Gasteiger partial charge on any atom is -0.484 e. The smallest absolute Gasteiger partial charge is 0.260 e. The summed E-state index contributed by atoms with van der Waals surface area (Å²) in [4.78, 5) is 12.0. The third-order valence-corrected chi connectivity index (χ3v) is 3.32. The van der Waals surface area contributed by atoms with Gasteiger partial charge in [0.15, 0.2) is 0 Å². The van der Waals surface area contributed by atoms with Crippen LogP contribution < -0.4 is 5.32 Å². The summed E-state index contributed by atoms with van der Waals surface area (Å²) in [6, 6.07) is 4.15. The summed E-state index contributed by atoms with van der Waals surface area (Å²) in [5.74, 6) is -0.329. The first kappa shape index (κ1) is 12.0. The number of anilines is 1. The van der Waals surface area contributed by atoms with Crippen molar-refractivity contribution in [2.24, 2.45) is 0 Å². The van der Waals surface area contributed by atoms with Gasteiger partial charge in [0, 0.05) is 11.3 Å². The molecule has 1 aromatic carbocycles. The van der Waals surface area contributed by atoms with Gasteiger partial charge in [-0.1, -0.05) is 5.47 Å². The van der Waals surface area contributed by atoms with Gasteiger partial charge in [0.2, 0.25) is 0 Å². The van der Waals surface area contributed by atoms with Gasteiger partial charge in [-0.15, -0.1) is 0 Å². The van der Waals surface area contributed by atoms with E-state index in [1.165, 1.54) is 18.2 Å². The number of benzene rings is 1. The molecule has 0 unspecified atom stereocenters. The topological polar surface area (TPSA) is 38.3 Å². The van der Waals surface area contributed by atoms with E-state index in [-0.39, 0.29) is 5.91 Å². The molecule has 0 bridgehead atoms. The highest BCUT2D eigenvalue weighted by Crippen LogP contribution is 2.40. The number of carbonyl (C=O) groups is 1. The Morgan fingerprint density at radius 1 is 1.37 bits per heavy atom. The molecule has 0 spiro atoms. The number of hydrogen-bond donors (Lipinski definition) is 1. The van der Waals surface area contributed by atoms with Crippen LogP contribution in [0.2, 0.25) is 0 Å². The van der Waals surface area contributed by atoms with Crippen molar-refractivity contribution in [2.45, 2.75) is 19.4 Å². The number of hydrogen-bond acceptors (Lipinski definition) is 2. The van der Waals surface area contributed by atoms with Gasteiger partial charge >= 0.3 is 0 Å². The van der Waals surface area contributed by atoms with Crippen molar-refractivity contribution in [2.75, 3.05) is 5.32 Å². The number of nitrogens with one attached hydrogen (secondary N) is 1. The molecule has 0 aliphatic carbocycles. The second-order valence-electron chi connectivity index (χ2n) is 5.10. The number of ether oxygens (including phenoxy) is 1. The summed E-state index contributed by atoms with van der Waals surface area (Å²) < 4.78 is 19.0. The first-order valence-electron chi connectivity index (χ1n) is 5.91. The predicted molar refractivity (Wildman–Crippen MR) is 71.0 cm³/mol. The van der Waals surface area contributed by atoms with E-state index >= 15 is 0 Å². The minimum absolute atomic E-state index is 0.308. The Morgan fingerprint density at radius 2 is 2.11 bits per heavy atom. The zero-order chi connectivity index (χ0) is 13.8. The Hall–Kier alpha value is -2.04. The van der Waals surface area contributed by atoms with E-state index in [2.05, 4.69) is 5.32 Å². The number of allylic oxidation sites excluding steroid dienone is 1. The van der Waals surface area contributed by atoms with E-state index < -0.39 is 11.4 Å². The van der Waals surface area contributed by atoms with Crippen LogP contribution in [-0.2, 0) is 9.53 Å². The van der Waals surface area contributed by atoms with Crippen molar-refractivity contribution in [3.63, 3.8) is 0 Å². The van der Waals surface area contributed by atoms with Gasteiger partial charge in [-0.05, 0) is 38.1 Å². The first-order chi connectivity index (χ1) is 8.88. The molecule has 5 heteroatoms. The van der Waals surface area contributed by atoms with Crippen LogP contribution in [0.3, 0.4) is 0 Å². The van der Waals surface area contributed by atoms with E-state index in [9.17, 15) is 9.18 Å². The predicted octanol–water partition coefficient (Wildman–Crippen LogP) is 2.35. The zero-order valence-corrected chi connectivity index (χ0v) is 10.6. The second kappa shape index (κ2) is 3.73. The Kier molecular flexibility index (Phi) is 2.36. The molecule has 2 heterocycles. The highest BCUT2D eigenvalue weighted by Gasteiger charge is 2.35. The van der Waals surface area contributed by atoms with Crippen molar-refractivity contribution in [1.82, 2.24) is 0 Å². The van der Waals surface area contributed by atoms with E-state index in [1.807, 2.05) is 13.8 Å². The van der Waals surface area contributed by atoms with Crippen LogP contribution in [-0.4, -0.2) is 19.4 Å². The van der Waals surface area contributed by atoms with Crippen LogP contribution in [0.15, 0.2) is 35.5 Å². The first-order valence-corrected chi connectivity index (χ1v) is 5.91. The van der Waals surface area contributed by atoms with E-state index in [0.717, 1.165) is 0 Å². The van der Waals surface area contributed by atoms with Gasteiger partial charge in [-0.3, -0.25) is 4.79 Å². The molecule has 1 N–H and O–H groups in total. The number of halogens is 1. The Labute approximate surface area is 111 Å². The lowest BCUT2D eigenvalue weighted by Crippen LogP contribution is -2.22. The minimum atomic E-state index is -0.654. The second-order valence-corrected chi connectivity index (χ2v) is 5.10. The maximum Gasteiger partial charge on any atom is 0.260 e. The Balaban J connectivity index is 2.19. The van der Waals surface area contributed by atoms with E-state index in [0.29, 0.717) is 28.1 Å². The summed E-state index contributed by atoms with van der Waals surface area (Å²) in [5, 5.41) is 2.68. The molecule has 0 atom stereocenters. The van der Waals surface area contributed by atoms with Crippen LogP contribution in [0, 0.1) is 5.82 Å².